The highest BCUT2D eigenvalue weighted by molar-refractivity contribution is 5.90. The van der Waals surface area contributed by atoms with E-state index >= 15 is 0 Å². The van der Waals surface area contributed by atoms with Crippen molar-refractivity contribution in [2.24, 2.45) is 0 Å². The van der Waals surface area contributed by atoms with E-state index in [2.05, 4.69) is 6.07 Å². The van der Waals surface area contributed by atoms with Crippen LogP contribution in [0.5, 0.6) is 5.75 Å². The highest BCUT2D eigenvalue weighted by Crippen LogP contribution is 2.25. The van der Waals surface area contributed by atoms with E-state index in [4.69, 9.17) is 9.84 Å². The van der Waals surface area contributed by atoms with Crippen LogP contribution in [0.4, 0.5) is 4.39 Å². The Kier molecular flexibility index (Phi) is 5.83. The predicted molar refractivity (Wildman–Crippen MR) is 104 cm³/mol. The molecule has 3 aromatic rings. The number of para-hydroxylation sites is 1. The number of nitrogens with zero attached hydrogens (tertiary/aromatic N) is 1. The highest BCUT2D eigenvalue weighted by atomic mass is 19.1. The van der Waals surface area contributed by atoms with Gasteiger partial charge in [0.15, 0.2) is 0 Å². The average molecular weight is 373 g/mol. The number of rotatable bonds is 6. The molecule has 5 heteroatoms. The summed E-state index contributed by atoms with van der Waals surface area (Å²) in [6, 6.07) is 21.6. The molecule has 4 nitrogen and oxygen atoms in total. The van der Waals surface area contributed by atoms with Crippen LogP contribution < -0.4 is 4.74 Å². The second-order valence-electron chi connectivity index (χ2n) is 6.01. The normalized spacial score (nSPS) is 10.9. The van der Waals surface area contributed by atoms with Gasteiger partial charge in [-0.3, -0.25) is 0 Å². The molecule has 138 valence electrons. The Morgan fingerprint density at radius 3 is 2.29 bits per heavy atom. The second-order valence-corrected chi connectivity index (χ2v) is 6.01. The van der Waals surface area contributed by atoms with Crippen LogP contribution in [0.3, 0.4) is 0 Å². The molecule has 0 saturated carbocycles. The maximum atomic E-state index is 13.1. The van der Waals surface area contributed by atoms with E-state index in [0.717, 1.165) is 5.56 Å². The van der Waals surface area contributed by atoms with Crippen molar-refractivity contribution in [2.45, 2.75) is 6.61 Å². The minimum atomic E-state index is -0.979. The third-order valence-electron chi connectivity index (χ3n) is 4.09. The van der Waals surface area contributed by atoms with Crippen LogP contribution in [0.1, 0.15) is 27.0 Å². The SMILES string of the molecule is N#C/C(=C\c1ccccc1OCc1ccc(C(=O)O)cc1)c1ccc(F)cc1. The van der Waals surface area contributed by atoms with Gasteiger partial charge < -0.3 is 9.84 Å². The molecule has 0 saturated heterocycles. The number of hydrogen-bond acceptors (Lipinski definition) is 3. The van der Waals surface area contributed by atoms with E-state index in [1.165, 1.54) is 24.3 Å². The molecule has 0 amide bonds. The molecule has 0 bridgehead atoms. The Labute approximate surface area is 161 Å². The lowest BCUT2D eigenvalue weighted by Gasteiger charge is -2.10. The standard InChI is InChI=1S/C23H16FNO3/c24-21-11-9-17(10-12-21)20(14-25)13-19-3-1-2-4-22(19)28-15-16-5-7-18(8-6-16)23(26)27/h1-13H,15H2,(H,26,27)/b20-13+. The van der Waals surface area contributed by atoms with Gasteiger partial charge in [-0.15, -0.1) is 0 Å². The lowest BCUT2D eigenvalue weighted by Crippen LogP contribution is -1.99. The van der Waals surface area contributed by atoms with Gasteiger partial charge in [-0.2, -0.15) is 5.26 Å². The van der Waals surface area contributed by atoms with Gasteiger partial charge in [0.2, 0.25) is 0 Å². The van der Waals surface area contributed by atoms with Gasteiger partial charge in [0.05, 0.1) is 17.2 Å². The molecule has 0 unspecified atom stereocenters. The van der Waals surface area contributed by atoms with Gasteiger partial charge in [-0.25, -0.2) is 9.18 Å². The predicted octanol–water partition coefficient (Wildman–Crippen LogP) is 5.17. The fourth-order valence-corrected chi connectivity index (χ4v) is 2.60. The highest BCUT2D eigenvalue weighted by Gasteiger charge is 2.07. The molecule has 0 spiro atoms. The zero-order valence-electron chi connectivity index (χ0n) is 14.8. The van der Waals surface area contributed by atoms with Gasteiger partial charge in [-0.1, -0.05) is 42.5 Å². The van der Waals surface area contributed by atoms with Crippen molar-refractivity contribution in [1.29, 1.82) is 5.26 Å². The van der Waals surface area contributed by atoms with E-state index < -0.39 is 5.97 Å². The fourth-order valence-electron chi connectivity index (χ4n) is 2.60. The molecule has 0 aromatic heterocycles. The summed E-state index contributed by atoms with van der Waals surface area (Å²) in [4.78, 5) is 10.9. The molecule has 0 heterocycles. The summed E-state index contributed by atoms with van der Waals surface area (Å²) in [6.45, 7) is 0.253. The van der Waals surface area contributed by atoms with Crippen molar-refractivity contribution in [3.8, 4) is 11.8 Å². The summed E-state index contributed by atoms with van der Waals surface area (Å²) in [7, 11) is 0. The number of halogens is 1. The summed E-state index contributed by atoms with van der Waals surface area (Å²) in [5, 5.41) is 18.4. The Hall–Kier alpha value is -3.91. The summed E-state index contributed by atoms with van der Waals surface area (Å²) >= 11 is 0. The number of carboxylic acids is 1. The number of aromatic carboxylic acids is 1. The molecule has 1 N–H and O–H groups in total. The summed E-state index contributed by atoms with van der Waals surface area (Å²) < 4.78 is 19.0. The Balaban J connectivity index is 1.81. The molecule has 3 rings (SSSR count). The lowest BCUT2D eigenvalue weighted by molar-refractivity contribution is 0.0697. The number of ether oxygens (including phenoxy) is 1. The number of benzene rings is 3. The molecular formula is C23H16FNO3. The molecule has 0 atom stereocenters. The van der Waals surface area contributed by atoms with Crippen LogP contribution in [0, 0.1) is 17.1 Å². The Morgan fingerprint density at radius 2 is 1.64 bits per heavy atom. The zero-order valence-corrected chi connectivity index (χ0v) is 14.8. The maximum absolute atomic E-state index is 13.1. The van der Waals surface area contributed by atoms with Crippen molar-refractivity contribution >= 4 is 17.6 Å². The van der Waals surface area contributed by atoms with Crippen LogP contribution in [0.25, 0.3) is 11.6 Å². The van der Waals surface area contributed by atoms with Gasteiger partial charge in [0.25, 0.3) is 0 Å². The van der Waals surface area contributed by atoms with Crippen molar-refractivity contribution in [3.05, 3.63) is 101 Å². The number of carboxylic acid groups (broad SMARTS) is 1. The van der Waals surface area contributed by atoms with Crippen LogP contribution in [0.15, 0.2) is 72.8 Å². The first-order valence-electron chi connectivity index (χ1n) is 8.48. The number of hydrogen-bond donors (Lipinski definition) is 1. The summed E-state index contributed by atoms with van der Waals surface area (Å²) in [5.41, 5.74) is 2.75. The topological polar surface area (TPSA) is 70.3 Å². The molecule has 3 aromatic carbocycles. The average Bonchev–Trinajstić information content (AvgIpc) is 2.72. The largest absolute Gasteiger partial charge is 0.488 e. The monoisotopic (exact) mass is 373 g/mol. The van der Waals surface area contributed by atoms with Gasteiger partial charge in [0.1, 0.15) is 18.2 Å². The van der Waals surface area contributed by atoms with Gasteiger partial charge >= 0.3 is 5.97 Å². The third kappa shape index (κ3) is 4.63. The lowest BCUT2D eigenvalue weighted by atomic mass is 10.0. The van der Waals surface area contributed by atoms with E-state index in [9.17, 15) is 14.4 Å². The van der Waals surface area contributed by atoms with Gasteiger partial charge in [-0.05, 0) is 47.5 Å². The van der Waals surface area contributed by atoms with E-state index in [1.807, 2.05) is 18.2 Å². The van der Waals surface area contributed by atoms with Crippen LogP contribution >= 0.6 is 0 Å². The number of carbonyl (C=O) groups is 1. The molecular weight excluding hydrogens is 357 g/mol. The van der Waals surface area contributed by atoms with E-state index in [-0.39, 0.29) is 18.0 Å². The first-order valence-corrected chi connectivity index (χ1v) is 8.48. The summed E-state index contributed by atoms with van der Waals surface area (Å²) in [6.07, 6.45) is 1.69. The quantitative estimate of drug-likeness (QED) is 0.478. The molecule has 0 aliphatic rings. The van der Waals surface area contributed by atoms with Crippen LogP contribution in [-0.2, 0) is 6.61 Å². The minimum absolute atomic E-state index is 0.213. The third-order valence-corrected chi connectivity index (χ3v) is 4.09. The summed E-state index contributed by atoms with van der Waals surface area (Å²) in [5.74, 6) is -0.758. The molecule has 0 fully saturated rings. The van der Waals surface area contributed by atoms with Crippen molar-refractivity contribution in [3.63, 3.8) is 0 Å². The number of allylic oxidation sites excluding steroid dienone is 1. The first-order chi connectivity index (χ1) is 13.6. The van der Waals surface area contributed by atoms with Crippen molar-refractivity contribution in [2.75, 3.05) is 0 Å². The maximum Gasteiger partial charge on any atom is 0.335 e. The zero-order chi connectivity index (χ0) is 19.9. The van der Waals surface area contributed by atoms with Crippen molar-refractivity contribution in [1.82, 2.24) is 0 Å². The molecule has 28 heavy (non-hydrogen) atoms. The first kappa shape index (κ1) is 18.9. The van der Waals surface area contributed by atoms with Gasteiger partial charge in [0, 0.05) is 5.56 Å². The minimum Gasteiger partial charge on any atom is -0.488 e. The molecule has 0 radical (unpaired) electrons. The Morgan fingerprint density at radius 1 is 1.00 bits per heavy atom. The smallest absolute Gasteiger partial charge is 0.335 e. The van der Waals surface area contributed by atoms with E-state index in [1.54, 1.807) is 36.4 Å². The fraction of sp³-hybridized carbons (Fsp3) is 0.0435. The second kappa shape index (κ2) is 8.65. The van der Waals surface area contributed by atoms with Crippen LogP contribution in [-0.4, -0.2) is 11.1 Å². The van der Waals surface area contributed by atoms with Crippen molar-refractivity contribution < 1.29 is 19.0 Å². The Bertz CT molecular complexity index is 1050. The van der Waals surface area contributed by atoms with Crippen LogP contribution in [0.2, 0.25) is 0 Å². The molecule has 0 aliphatic heterocycles. The number of nitriles is 1. The van der Waals surface area contributed by atoms with E-state index in [0.29, 0.717) is 22.4 Å². The molecule has 0 aliphatic carbocycles.